The average Bonchev–Trinajstić information content (AvgIpc) is 2.89. The van der Waals surface area contributed by atoms with Gasteiger partial charge in [-0.05, 0) is 50.5 Å². The lowest BCUT2D eigenvalue weighted by Crippen LogP contribution is -2.50. The first-order valence-corrected chi connectivity index (χ1v) is 7.87. The van der Waals surface area contributed by atoms with Crippen LogP contribution in [0.15, 0.2) is 41.1 Å². The zero-order valence-electron chi connectivity index (χ0n) is 13.9. The molecule has 5 heteroatoms. The lowest BCUT2D eigenvalue weighted by Gasteiger charge is -2.21. The van der Waals surface area contributed by atoms with Gasteiger partial charge < -0.3 is 4.42 Å². The van der Waals surface area contributed by atoms with E-state index in [1.165, 1.54) is 5.56 Å². The third-order valence-corrected chi connectivity index (χ3v) is 4.50. The van der Waals surface area contributed by atoms with Crippen molar-refractivity contribution in [3.63, 3.8) is 0 Å². The van der Waals surface area contributed by atoms with Crippen LogP contribution in [-0.4, -0.2) is 11.8 Å². The maximum atomic E-state index is 6.09. The molecular weight excluding hydrogens is 285 g/mol. The van der Waals surface area contributed by atoms with Crippen molar-refractivity contribution in [1.82, 2.24) is 4.98 Å². The van der Waals surface area contributed by atoms with Crippen LogP contribution in [0.3, 0.4) is 0 Å². The predicted octanol–water partition coefficient (Wildman–Crippen LogP) is 2.59. The van der Waals surface area contributed by atoms with Crippen LogP contribution >= 0.6 is 0 Å². The van der Waals surface area contributed by atoms with Crippen LogP contribution in [0, 0.1) is 13.8 Å². The third-order valence-electron chi connectivity index (χ3n) is 4.50. The molecule has 0 spiro atoms. The van der Waals surface area contributed by atoms with E-state index >= 15 is 0 Å². The van der Waals surface area contributed by atoms with Crippen molar-refractivity contribution in [2.24, 2.45) is 7.05 Å². The average molecular weight is 304 g/mol. The Balaban J connectivity index is 1.85. The summed E-state index contributed by atoms with van der Waals surface area (Å²) in [5.41, 5.74) is 5.06. The van der Waals surface area contributed by atoms with Gasteiger partial charge in [0.2, 0.25) is 5.71 Å². The molecule has 3 aromatic rings. The second-order valence-electron chi connectivity index (χ2n) is 6.26. The van der Waals surface area contributed by atoms with Crippen molar-refractivity contribution in [2.75, 3.05) is 4.81 Å². The van der Waals surface area contributed by atoms with E-state index in [-0.39, 0.29) is 6.85 Å². The Morgan fingerprint density at radius 1 is 1.22 bits per heavy atom. The molecule has 4 rings (SSSR count). The van der Waals surface area contributed by atoms with Crippen LogP contribution in [-0.2, 0) is 7.05 Å². The third kappa shape index (κ3) is 2.15. The number of rotatable bonds is 1. The minimum absolute atomic E-state index is 0.123. The van der Waals surface area contributed by atoms with Gasteiger partial charge in [-0.1, -0.05) is 0 Å². The van der Waals surface area contributed by atoms with Gasteiger partial charge in [0.05, 0.1) is 19.4 Å². The number of furan rings is 1. The molecule has 0 atom stereocenters. The minimum atomic E-state index is 0.123. The molecule has 0 radical (unpaired) electrons. The summed E-state index contributed by atoms with van der Waals surface area (Å²) in [4.78, 5) is 6.76. The Bertz CT molecular complexity index is 945. The van der Waals surface area contributed by atoms with E-state index in [0.29, 0.717) is 0 Å². The monoisotopic (exact) mass is 304 g/mol. The van der Waals surface area contributed by atoms with Crippen molar-refractivity contribution in [1.29, 1.82) is 0 Å². The molecule has 4 heterocycles. The molecule has 0 saturated heterocycles. The first kappa shape index (κ1) is 14.1. The molecule has 0 unspecified atom stereocenters. The summed E-state index contributed by atoms with van der Waals surface area (Å²) in [6, 6.07) is 8.43. The van der Waals surface area contributed by atoms with Crippen LogP contribution in [0.1, 0.15) is 16.8 Å². The first-order valence-electron chi connectivity index (χ1n) is 7.87. The van der Waals surface area contributed by atoms with Crippen molar-refractivity contribution in [3.8, 4) is 0 Å². The van der Waals surface area contributed by atoms with E-state index in [2.05, 4.69) is 71.8 Å². The topological polar surface area (TPSA) is 33.2 Å². The van der Waals surface area contributed by atoms with Gasteiger partial charge in [0.25, 0.3) is 5.82 Å². The summed E-state index contributed by atoms with van der Waals surface area (Å²) in [6.07, 6.45) is 6.35. The Labute approximate surface area is 136 Å². The lowest BCUT2D eigenvalue weighted by molar-refractivity contribution is -0.658. The number of nitrogens with zero attached hydrogens (tertiary/aromatic N) is 3. The molecule has 3 aromatic heterocycles. The van der Waals surface area contributed by atoms with Gasteiger partial charge in [0, 0.05) is 22.7 Å². The number of aromatic nitrogens is 2. The zero-order valence-corrected chi connectivity index (χ0v) is 13.9. The first-order chi connectivity index (χ1) is 11.0. The predicted molar refractivity (Wildman–Crippen MR) is 93.9 cm³/mol. The fraction of sp³-hybridized carbons (Fsp3) is 0.222. The van der Waals surface area contributed by atoms with Crippen LogP contribution in [0.4, 0.5) is 5.82 Å². The van der Waals surface area contributed by atoms with Crippen LogP contribution in [0.2, 0.25) is 6.82 Å². The van der Waals surface area contributed by atoms with Gasteiger partial charge in [0.15, 0.2) is 0 Å². The van der Waals surface area contributed by atoms with Gasteiger partial charge >= 0.3 is 6.85 Å². The molecule has 0 saturated carbocycles. The van der Waals surface area contributed by atoms with E-state index in [1.54, 1.807) is 0 Å². The molecule has 0 aliphatic carbocycles. The highest BCUT2D eigenvalue weighted by Gasteiger charge is 2.37. The second kappa shape index (κ2) is 4.98. The highest BCUT2D eigenvalue weighted by molar-refractivity contribution is 6.76. The number of hydrogen-bond donors (Lipinski definition) is 0. The molecule has 4 nitrogen and oxygen atoms in total. The Morgan fingerprint density at radius 3 is 2.87 bits per heavy atom. The summed E-state index contributed by atoms with van der Waals surface area (Å²) in [7, 11) is 2.06. The molecule has 0 fully saturated rings. The Morgan fingerprint density at radius 2 is 2.04 bits per heavy atom. The highest BCUT2D eigenvalue weighted by atomic mass is 16.3. The largest absolute Gasteiger partial charge is 0.447 e. The fourth-order valence-electron chi connectivity index (χ4n) is 3.19. The number of hydrogen-bond acceptors (Lipinski definition) is 3. The fourth-order valence-corrected chi connectivity index (χ4v) is 3.19. The molecule has 0 bridgehead atoms. The quantitative estimate of drug-likeness (QED) is 0.512. The summed E-state index contributed by atoms with van der Waals surface area (Å²) in [5, 5.41) is 1.09. The van der Waals surface area contributed by atoms with Gasteiger partial charge in [0.1, 0.15) is 5.66 Å². The summed E-state index contributed by atoms with van der Waals surface area (Å²) < 4.78 is 8.22. The van der Waals surface area contributed by atoms with Crippen molar-refractivity contribution in [3.05, 3.63) is 53.5 Å². The Kier molecular flexibility index (Phi) is 3.05. The number of pyridine rings is 2. The van der Waals surface area contributed by atoms with E-state index in [9.17, 15) is 0 Å². The summed E-state index contributed by atoms with van der Waals surface area (Å²) in [5.74, 6) is 1.14. The maximum Gasteiger partial charge on any atom is 0.447 e. The maximum absolute atomic E-state index is 6.09. The van der Waals surface area contributed by atoms with E-state index in [0.717, 1.165) is 33.8 Å². The number of aryl methyl sites for hydroxylation is 3. The molecule has 1 aliphatic rings. The van der Waals surface area contributed by atoms with Gasteiger partial charge in [-0.3, -0.25) is 4.81 Å². The number of fused-ring (bicyclic) bond motifs is 3. The summed E-state index contributed by atoms with van der Waals surface area (Å²) >= 11 is 0. The lowest BCUT2D eigenvalue weighted by atomic mass is 9.58. The standard InChI is InChI=1S/C18H19BN3O/c1-12-7-9-21(4)16(11-12)22-10-8-14-15-6-5-13(2)20-18(15)23-17(14)19(22)3/h5-11H,1-4H3/q+1. The van der Waals surface area contributed by atoms with E-state index in [1.807, 2.05) is 13.0 Å². The van der Waals surface area contributed by atoms with Crippen molar-refractivity contribution >= 4 is 35.5 Å². The molecule has 0 aromatic carbocycles. The minimum Gasteiger partial charge on any atom is -0.447 e. The summed E-state index contributed by atoms with van der Waals surface area (Å²) in [6.45, 7) is 6.39. The normalized spacial score (nSPS) is 13.7. The van der Waals surface area contributed by atoms with Crippen LogP contribution in [0.25, 0.3) is 17.2 Å². The zero-order chi connectivity index (χ0) is 16.1. The van der Waals surface area contributed by atoms with Crippen molar-refractivity contribution < 1.29 is 8.98 Å². The molecule has 0 amide bonds. The number of anilines is 1. The molecular formula is C18H19BN3O+. The Hall–Kier alpha value is -2.56. The second-order valence-corrected chi connectivity index (χ2v) is 6.26. The van der Waals surface area contributed by atoms with Crippen LogP contribution in [0.5, 0.6) is 0 Å². The van der Waals surface area contributed by atoms with Gasteiger partial charge in [-0.2, -0.15) is 0 Å². The SMILES string of the molecule is CB1c2oc3nc(C)ccc3c2C=CN1c1cc(C)cc[n+]1C. The van der Waals surface area contributed by atoms with E-state index in [4.69, 9.17) is 4.42 Å². The van der Waals surface area contributed by atoms with Crippen molar-refractivity contribution in [2.45, 2.75) is 20.7 Å². The molecule has 1 aliphatic heterocycles. The molecule has 23 heavy (non-hydrogen) atoms. The van der Waals surface area contributed by atoms with Gasteiger partial charge in [-0.25, -0.2) is 9.55 Å². The molecule has 0 N–H and O–H groups in total. The smallest absolute Gasteiger partial charge is 0.447 e. The molecule has 114 valence electrons. The van der Waals surface area contributed by atoms with E-state index < -0.39 is 0 Å². The highest BCUT2D eigenvalue weighted by Crippen LogP contribution is 2.26. The van der Waals surface area contributed by atoms with Gasteiger partial charge in [-0.15, -0.1) is 0 Å². The van der Waals surface area contributed by atoms with Crippen LogP contribution < -0.4 is 15.0 Å².